The summed E-state index contributed by atoms with van der Waals surface area (Å²) >= 11 is 1.53. The van der Waals surface area contributed by atoms with Gasteiger partial charge in [0, 0.05) is 4.88 Å². The summed E-state index contributed by atoms with van der Waals surface area (Å²) in [5.74, 6) is -0.110. The topological polar surface area (TPSA) is 80.3 Å². The molecule has 0 saturated carbocycles. The van der Waals surface area contributed by atoms with Gasteiger partial charge in [-0.25, -0.2) is 4.98 Å². The van der Waals surface area contributed by atoms with Crippen molar-refractivity contribution in [3.05, 3.63) is 40.4 Å². The molecule has 0 fully saturated rings. The van der Waals surface area contributed by atoms with Crippen LogP contribution in [0, 0.1) is 0 Å². The first-order valence-electron chi connectivity index (χ1n) is 8.46. The van der Waals surface area contributed by atoms with E-state index < -0.39 is 0 Å². The highest BCUT2D eigenvalue weighted by Gasteiger charge is 2.17. The number of benzene rings is 1. The number of nitrogens with one attached hydrogen (secondary N) is 2. The number of hydrogen-bond donors (Lipinski definition) is 2. The quantitative estimate of drug-likeness (QED) is 0.831. The molecule has 2 aromatic rings. The monoisotopic (exact) mass is 359 g/mol. The molecule has 132 valence electrons. The third kappa shape index (κ3) is 4.36. The van der Waals surface area contributed by atoms with Gasteiger partial charge in [0.05, 0.1) is 24.4 Å². The fourth-order valence-corrected chi connectivity index (χ4v) is 3.83. The minimum absolute atomic E-state index is 0.108. The summed E-state index contributed by atoms with van der Waals surface area (Å²) in [6.07, 6.45) is 4.35. The minimum Gasteiger partial charge on any atom is -0.493 e. The Kier molecular flexibility index (Phi) is 5.65. The number of aryl methyl sites for hydroxylation is 2. The Hall–Kier alpha value is -2.41. The van der Waals surface area contributed by atoms with Gasteiger partial charge < -0.3 is 15.4 Å². The van der Waals surface area contributed by atoms with Crippen molar-refractivity contribution < 1.29 is 14.3 Å². The maximum atomic E-state index is 12.3. The fraction of sp³-hybridized carbons (Fsp3) is 0.389. The first kappa shape index (κ1) is 17.4. The van der Waals surface area contributed by atoms with Gasteiger partial charge in [0.1, 0.15) is 5.75 Å². The Balaban J connectivity index is 1.55. The number of amides is 2. The van der Waals surface area contributed by atoms with E-state index >= 15 is 0 Å². The van der Waals surface area contributed by atoms with Crippen molar-refractivity contribution in [2.45, 2.75) is 32.6 Å². The third-order valence-electron chi connectivity index (χ3n) is 3.93. The second kappa shape index (κ2) is 8.11. The van der Waals surface area contributed by atoms with E-state index in [9.17, 15) is 9.59 Å². The average Bonchev–Trinajstić information content (AvgIpc) is 3.02. The number of para-hydroxylation sites is 1. The van der Waals surface area contributed by atoms with Gasteiger partial charge in [-0.15, -0.1) is 11.3 Å². The van der Waals surface area contributed by atoms with E-state index in [1.165, 1.54) is 22.6 Å². The summed E-state index contributed by atoms with van der Waals surface area (Å²) in [6, 6.07) is 6.97. The van der Waals surface area contributed by atoms with Gasteiger partial charge in [-0.2, -0.15) is 0 Å². The number of nitrogens with zero attached hydrogens (tertiary/aromatic N) is 1. The summed E-state index contributed by atoms with van der Waals surface area (Å²) in [4.78, 5) is 30.1. The number of hydrogen-bond acceptors (Lipinski definition) is 5. The number of carbonyl (C=O) groups is 2. The second-order valence-electron chi connectivity index (χ2n) is 5.76. The molecule has 1 aromatic carbocycles. The van der Waals surface area contributed by atoms with Crippen LogP contribution in [0.2, 0.25) is 0 Å². The molecule has 0 unspecified atom stereocenters. The lowest BCUT2D eigenvalue weighted by molar-refractivity contribution is -0.115. The van der Waals surface area contributed by atoms with Crippen LogP contribution in [0.5, 0.6) is 5.75 Å². The predicted octanol–water partition coefficient (Wildman–Crippen LogP) is 2.79. The van der Waals surface area contributed by atoms with Crippen molar-refractivity contribution >= 4 is 28.3 Å². The van der Waals surface area contributed by atoms with Crippen LogP contribution in [-0.2, 0) is 17.6 Å². The van der Waals surface area contributed by atoms with Crippen LogP contribution in [0.25, 0.3) is 0 Å². The molecule has 2 N–H and O–H groups in total. The molecule has 1 aliphatic carbocycles. The lowest BCUT2D eigenvalue weighted by atomic mass is 10.0. The normalized spacial score (nSPS) is 13.0. The summed E-state index contributed by atoms with van der Waals surface area (Å²) in [7, 11) is 0. The Morgan fingerprint density at radius 2 is 2.04 bits per heavy atom. The fourth-order valence-electron chi connectivity index (χ4n) is 2.76. The molecule has 2 amide bonds. The standard InChI is InChI=1S/C18H21N3O3S/c1-2-24-14-9-5-3-7-12(14)17(23)19-11-16(22)21-18-20-13-8-4-6-10-15(13)25-18/h3,5,7,9H,2,4,6,8,10-11H2,1H3,(H,19,23)(H,20,21,22). The Labute approximate surface area is 150 Å². The largest absolute Gasteiger partial charge is 0.493 e. The number of ether oxygens (including phenoxy) is 1. The van der Waals surface area contributed by atoms with Crippen molar-refractivity contribution in [2.75, 3.05) is 18.5 Å². The van der Waals surface area contributed by atoms with E-state index in [0.29, 0.717) is 23.1 Å². The summed E-state index contributed by atoms with van der Waals surface area (Å²) in [5.41, 5.74) is 1.52. The predicted molar refractivity (Wildman–Crippen MR) is 97.3 cm³/mol. The number of rotatable bonds is 6. The van der Waals surface area contributed by atoms with Crippen LogP contribution in [0.15, 0.2) is 24.3 Å². The molecule has 6 nitrogen and oxygen atoms in total. The highest BCUT2D eigenvalue weighted by molar-refractivity contribution is 7.15. The van der Waals surface area contributed by atoms with Gasteiger partial charge in [-0.3, -0.25) is 9.59 Å². The Bertz CT molecular complexity index is 749. The van der Waals surface area contributed by atoms with Crippen LogP contribution in [-0.4, -0.2) is 29.9 Å². The summed E-state index contributed by atoms with van der Waals surface area (Å²) in [5, 5.41) is 6.01. The number of anilines is 1. The van der Waals surface area contributed by atoms with Crippen LogP contribution in [0.3, 0.4) is 0 Å². The van der Waals surface area contributed by atoms with Crippen molar-refractivity contribution in [1.82, 2.24) is 10.3 Å². The van der Waals surface area contributed by atoms with Gasteiger partial charge in [-0.05, 0) is 44.7 Å². The van der Waals surface area contributed by atoms with Gasteiger partial charge >= 0.3 is 0 Å². The second-order valence-corrected chi connectivity index (χ2v) is 6.84. The molecular formula is C18H21N3O3S. The molecule has 1 aromatic heterocycles. The van der Waals surface area contributed by atoms with Crippen LogP contribution in [0.4, 0.5) is 5.13 Å². The van der Waals surface area contributed by atoms with E-state index in [-0.39, 0.29) is 18.4 Å². The van der Waals surface area contributed by atoms with Gasteiger partial charge in [0.15, 0.2) is 5.13 Å². The highest BCUT2D eigenvalue weighted by Crippen LogP contribution is 2.29. The molecule has 0 bridgehead atoms. The molecule has 25 heavy (non-hydrogen) atoms. The maximum Gasteiger partial charge on any atom is 0.255 e. The van der Waals surface area contributed by atoms with Crippen LogP contribution in [0.1, 0.15) is 40.7 Å². The third-order valence-corrected chi connectivity index (χ3v) is 5.01. The Morgan fingerprint density at radius 1 is 1.24 bits per heavy atom. The van der Waals surface area contributed by atoms with E-state index in [1.54, 1.807) is 24.3 Å². The zero-order chi connectivity index (χ0) is 17.6. The van der Waals surface area contributed by atoms with Crippen molar-refractivity contribution in [1.29, 1.82) is 0 Å². The van der Waals surface area contributed by atoms with E-state index in [1.807, 2.05) is 6.92 Å². The van der Waals surface area contributed by atoms with Crippen molar-refractivity contribution in [3.8, 4) is 5.75 Å². The zero-order valence-electron chi connectivity index (χ0n) is 14.1. The van der Waals surface area contributed by atoms with E-state index in [2.05, 4.69) is 15.6 Å². The maximum absolute atomic E-state index is 12.3. The average molecular weight is 359 g/mol. The van der Waals surface area contributed by atoms with E-state index in [0.717, 1.165) is 25.0 Å². The van der Waals surface area contributed by atoms with Gasteiger partial charge in [-0.1, -0.05) is 12.1 Å². The van der Waals surface area contributed by atoms with Crippen molar-refractivity contribution in [2.24, 2.45) is 0 Å². The summed E-state index contributed by atoms with van der Waals surface area (Å²) < 4.78 is 5.44. The van der Waals surface area contributed by atoms with Crippen LogP contribution >= 0.6 is 11.3 Å². The number of fused-ring (bicyclic) bond motifs is 1. The first-order valence-corrected chi connectivity index (χ1v) is 9.27. The highest BCUT2D eigenvalue weighted by atomic mass is 32.1. The SMILES string of the molecule is CCOc1ccccc1C(=O)NCC(=O)Nc1nc2c(s1)CCCC2. The molecule has 1 heterocycles. The molecule has 0 atom stereocenters. The van der Waals surface area contributed by atoms with Gasteiger partial charge in [0.25, 0.3) is 5.91 Å². The number of aromatic nitrogens is 1. The lowest BCUT2D eigenvalue weighted by Gasteiger charge is -2.10. The molecule has 0 saturated heterocycles. The van der Waals surface area contributed by atoms with Gasteiger partial charge in [0.2, 0.25) is 5.91 Å². The number of thiazole rings is 1. The number of carbonyl (C=O) groups excluding carboxylic acids is 2. The lowest BCUT2D eigenvalue weighted by Crippen LogP contribution is -2.33. The smallest absolute Gasteiger partial charge is 0.255 e. The first-order chi connectivity index (χ1) is 12.2. The summed E-state index contributed by atoms with van der Waals surface area (Å²) in [6.45, 7) is 2.22. The molecule has 0 spiro atoms. The van der Waals surface area contributed by atoms with Crippen LogP contribution < -0.4 is 15.4 Å². The molecule has 7 heteroatoms. The Morgan fingerprint density at radius 3 is 2.84 bits per heavy atom. The molecular weight excluding hydrogens is 338 g/mol. The molecule has 1 aliphatic rings. The van der Waals surface area contributed by atoms with Crippen molar-refractivity contribution in [3.63, 3.8) is 0 Å². The minimum atomic E-state index is -0.336. The molecule has 0 aliphatic heterocycles. The van der Waals surface area contributed by atoms with E-state index in [4.69, 9.17) is 4.74 Å². The zero-order valence-corrected chi connectivity index (χ0v) is 14.9. The molecule has 0 radical (unpaired) electrons. The molecule has 3 rings (SSSR count).